The van der Waals surface area contributed by atoms with Crippen LogP contribution >= 0.6 is 0 Å². The van der Waals surface area contributed by atoms with Crippen molar-refractivity contribution in [2.24, 2.45) is 0 Å². The van der Waals surface area contributed by atoms with Gasteiger partial charge in [0.05, 0.1) is 13.0 Å². The molecular weight excluding hydrogens is 280 g/mol. The van der Waals surface area contributed by atoms with Crippen LogP contribution in [0.5, 0.6) is 0 Å². The Hall–Kier alpha value is -1.99. The molecule has 0 spiro atoms. The Balaban J connectivity index is 2.18. The van der Waals surface area contributed by atoms with E-state index in [1.54, 1.807) is 20.8 Å². The van der Waals surface area contributed by atoms with Crippen LogP contribution in [-0.4, -0.2) is 59.5 Å². The number of carbonyl (C=O) groups excluding carboxylic acids is 2. The molecule has 0 radical (unpaired) electrons. The molecule has 0 aliphatic carbocycles. The van der Waals surface area contributed by atoms with E-state index in [1.807, 2.05) is 0 Å². The highest BCUT2D eigenvalue weighted by Gasteiger charge is 2.28. The number of nitrogens with zero attached hydrogens (tertiary/aromatic N) is 1. The van der Waals surface area contributed by atoms with Crippen LogP contribution < -0.4 is 5.32 Å². The van der Waals surface area contributed by atoms with E-state index in [0.717, 1.165) is 0 Å². The molecule has 1 heterocycles. The number of hydrogen-bond donors (Lipinski definition) is 2. The second-order valence-electron chi connectivity index (χ2n) is 5.81. The van der Waals surface area contributed by atoms with Crippen LogP contribution in [0, 0.1) is 0 Å². The van der Waals surface area contributed by atoms with Crippen molar-refractivity contribution in [3.05, 3.63) is 0 Å². The first-order valence-corrected chi connectivity index (χ1v) is 6.81. The van der Waals surface area contributed by atoms with Crippen molar-refractivity contribution in [2.75, 3.05) is 19.6 Å². The maximum absolute atomic E-state index is 11.6. The van der Waals surface area contributed by atoms with Gasteiger partial charge in [0.15, 0.2) is 0 Å². The number of alkyl carbamates (subject to hydrolysis) is 1. The third-order valence-electron chi connectivity index (χ3n) is 2.71. The van der Waals surface area contributed by atoms with Gasteiger partial charge in [0.1, 0.15) is 11.7 Å². The SMILES string of the molecule is CC(C)(C)OC(=O)NCCC(=O)O[C@@H]1CCN(C(=O)O)C1. The third-order valence-corrected chi connectivity index (χ3v) is 2.71. The first-order chi connectivity index (χ1) is 9.67. The summed E-state index contributed by atoms with van der Waals surface area (Å²) in [7, 11) is 0. The van der Waals surface area contributed by atoms with Crippen LogP contribution in [0.1, 0.15) is 33.6 Å². The largest absolute Gasteiger partial charge is 0.465 e. The fourth-order valence-corrected chi connectivity index (χ4v) is 1.82. The smallest absolute Gasteiger partial charge is 0.407 e. The second-order valence-corrected chi connectivity index (χ2v) is 5.81. The molecule has 1 saturated heterocycles. The lowest BCUT2D eigenvalue weighted by molar-refractivity contribution is -0.148. The molecule has 0 bridgehead atoms. The Bertz CT molecular complexity index is 404. The van der Waals surface area contributed by atoms with Crippen LogP contribution in [0.4, 0.5) is 9.59 Å². The number of nitrogens with one attached hydrogen (secondary N) is 1. The van der Waals surface area contributed by atoms with Gasteiger partial charge in [0.25, 0.3) is 0 Å². The zero-order valence-electron chi connectivity index (χ0n) is 12.5. The molecule has 0 saturated carbocycles. The fourth-order valence-electron chi connectivity index (χ4n) is 1.82. The molecule has 1 atom stereocenters. The van der Waals surface area contributed by atoms with E-state index in [9.17, 15) is 14.4 Å². The minimum Gasteiger partial charge on any atom is -0.465 e. The Morgan fingerprint density at radius 1 is 1.33 bits per heavy atom. The van der Waals surface area contributed by atoms with Gasteiger partial charge in [0, 0.05) is 19.5 Å². The van der Waals surface area contributed by atoms with Crippen LogP contribution in [0.25, 0.3) is 0 Å². The number of carbonyl (C=O) groups is 3. The van der Waals surface area contributed by atoms with Gasteiger partial charge in [-0.2, -0.15) is 0 Å². The highest BCUT2D eigenvalue weighted by Crippen LogP contribution is 2.13. The summed E-state index contributed by atoms with van der Waals surface area (Å²) in [6.07, 6.45) is -1.50. The van der Waals surface area contributed by atoms with E-state index >= 15 is 0 Å². The number of esters is 1. The van der Waals surface area contributed by atoms with E-state index in [-0.39, 0.29) is 19.5 Å². The molecule has 2 N–H and O–H groups in total. The maximum atomic E-state index is 11.6. The number of carboxylic acid groups (broad SMARTS) is 1. The van der Waals surface area contributed by atoms with Crippen molar-refractivity contribution in [2.45, 2.75) is 45.3 Å². The van der Waals surface area contributed by atoms with Gasteiger partial charge in [0.2, 0.25) is 0 Å². The number of amides is 2. The molecule has 1 aliphatic heterocycles. The Morgan fingerprint density at radius 2 is 2.00 bits per heavy atom. The number of rotatable bonds is 4. The Kier molecular flexibility index (Phi) is 5.80. The van der Waals surface area contributed by atoms with Gasteiger partial charge in [-0.15, -0.1) is 0 Å². The molecule has 1 rings (SSSR count). The van der Waals surface area contributed by atoms with Gasteiger partial charge < -0.3 is 24.8 Å². The predicted octanol–water partition coefficient (Wildman–Crippen LogP) is 1.20. The van der Waals surface area contributed by atoms with Crippen molar-refractivity contribution in [3.63, 3.8) is 0 Å². The molecule has 2 amide bonds. The van der Waals surface area contributed by atoms with Crippen LogP contribution in [0.3, 0.4) is 0 Å². The van der Waals surface area contributed by atoms with Crippen molar-refractivity contribution >= 4 is 18.2 Å². The molecule has 0 aromatic carbocycles. The summed E-state index contributed by atoms with van der Waals surface area (Å²) in [5.41, 5.74) is -0.589. The molecule has 0 aromatic heterocycles. The van der Waals surface area contributed by atoms with E-state index in [0.29, 0.717) is 13.0 Å². The van der Waals surface area contributed by atoms with Gasteiger partial charge >= 0.3 is 18.2 Å². The quantitative estimate of drug-likeness (QED) is 0.756. The molecule has 1 fully saturated rings. The lowest BCUT2D eigenvalue weighted by atomic mass is 10.2. The molecule has 1 aliphatic rings. The predicted molar refractivity (Wildman–Crippen MR) is 72.9 cm³/mol. The zero-order valence-corrected chi connectivity index (χ0v) is 12.5. The highest BCUT2D eigenvalue weighted by atomic mass is 16.6. The number of ether oxygens (including phenoxy) is 2. The standard InChI is InChI=1S/C13H22N2O6/c1-13(2,3)21-11(17)14-6-4-10(16)20-9-5-7-15(8-9)12(18)19/h9H,4-8H2,1-3H3,(H,14,17)(H,18,19)/t9-/m1/s1. The average Bonchev–Trinajstić information content (AvgIpc) is 2.74. The molecule has 120 valence electrons. The van der Waals surface area contributed by atoms with Gasteiger partial charge in [-0.05, 0) is 20.8 Å². The molecule has 8 heteroatoms. The zero-order chi connectivity index (χ0) is 16.0. The number of hydrogen-bond acceptors (Lipinski definition) is 5. The topological polar surface area (TPSA) is 105 Å². The average molecular weight is 302 g/mol. The van der Waals surface area contributed by atoms with E-state index in [1.165, 1.54) is 4.90 Å². The molecular formula is C13H22N2O6. The van der Waals surface area contributed by atoms with Crippen molar-refractivity contribution in [3.8, 4) is 0 Å². The Labute approximate surface area is 123 Å². The Morgan fingerprint density at radius 3 is 2.52 bits per heavy atom. The summed E-state index contributed by atoms with van der Waals surface area (Å²) in [6.45, 7) is 5.91. The maximum Gasteiger partial charge on any atom is 0.407 e. The molecule has 8 nitrogen and oxygen atoms in total. The van der Waals surface area contributed by atoms with E-state index < -0.39 is 29.9 Å². The van der Waals surface area contributed by atoms with Gasteiger partial charge in [-0.25, -0.2) is 9.59 Å². The van der Waals surface area contributed by atoms with Gasteiger partial charge in [-0.3, -0.25) is 4.79 Å². The monoisotopic (exact) mass is 302 g/mol. The lowest BCUT2D eigenvalue weighted by Crippen LogP contribution is -2.34. The first-order valence-electron chi connectivity index (χ1n) is 6.81. The number of likely N-dealkylation sites (tertiary alicyclic amines) is 1. The fraction of sp³-hybridized carbons (Fsp3) is 0.769. The molecule has 21 heavy (non-hydrogen) atoms. The summed E-state index contributed by atoms with van der Waals surface area (Å²) in [5.74, 6) is -0.469. The third kappa shape index (κ3) is 6.82. The summed E-state index contributed by atoms with van der Waals surface area (Å²) in [4.78, 5) is 34.8. The van der Waals surface area contributed by atoms with Crippen LogP contribution in [0.15, 0.2) is 0 Å². The summed E-state index contributed by atoms with van der Waals surface area (Å²) < 4.78 is 10.2. The lowest BCUT2D eigenvalue weighted by Gasteiger charge is -2.19. The van der Waals surface area contributed by atoms with Gasteiger partial charge in [-0.1, -0.05) is 0 Å². The van der Waals surface area contributed by atoms with Crippen molar-refractivity contribution < 1.29 is 29.0 Å². The minimum absolute atomic E-state index is 0.0167. The highest BCUT2D eigenvalue weighted by molar-refractivity contribution is 5.72. The summed E-state index contributed by atoms with van der Waals surface area (Å²) >= 11 is 0. The van der Waals surface area contributed by atoms with Crippen LogP contribution in [0.2, 0.25) is 0 Å². The minimum atomic E-state index is -1.01. The van der Waals surface area contributed by atoms with Crippen LogP contribution in [-0.2, 0) is 14.3 Å². The molecule has 0 aromatic rings. The molecule has 0 unspecified atom stereocenters. The normalized spacial score (nSPS) is 18.2. The van der Waals surface area contributed by atoms with Crippen molar-refractivity contribution in [1.29, 1.82) is 0 Å². The van der Waals surface area contributed by atoms with E-state index in [2.05, 4.69) is 5.32 Å². The summed E-state index contributed by atoms with van der Waals surface area (Å²) in [5, 5.41) is 11.2. The summed E-state index contributed by atoms with van der Waals surface area (Å²) in [6, 6.07) is 0. The first kappa shape index (κ1) is 17.1. The second kappa shape index (κ2) is 7.14. The van der Waals surface area contributed by atoms with Crippen molar-refractivity contribution in [1.82, 2.24) is 10.2 Å². The van der Waals surface area contributed by atoms with E-state index in [4.69, 9.17) is 14.6 Å².